The summed E-state index contributed by atoms with van der Waals surface area (Å²) in [7, 11) is 0. The van der Waals surface area contributed by atoms with Crippen LogP contribution >= 0.6 is 12.6 Å². The summed E-state index contributed by atoms with van der Waals surface area (Å²) in [6.07, 6.45) is 0.355. The summed E-state index contributed by atoms with van der Waals surface area (Å²) in [6, 6.07) is 15.3. The van der Waals surface area contributed by atoms with E-state index < -0.39 is 0 Å². The van der Waals surface area contributed by atoms with Crippen molar-refractivity contribution in [2.45, 2.75) is 11.3 Å². The van der Waals surface area contributed by atoms with E-state index in [1.54, 1.807) is 0 Å². The molecule has 1 aliphatic heterocycles. The minimum Gasteiger partial charge on any atom is -0.294 e. The zero-order chi connectivity index (χ0) is 12.5. The molecule has 2 aromatic carbocycles. The van der Waals surface area contributed by atoms with Crippen molar-refractivity contribution in [3.8, 4) is 0 Å². The Morgan fingerprint density at radius 3 is 2.56 bits per heavy atom. The Labute approximate surface area is 111 Å². The fourth-order valence-electron chi connectivity index (χ4n) is 2.09. The lowest BCUT2D eigenvalue weighted by Gasteiger charge is -2.16. The van der Waals surface area contributed by atoms with Crippen molar-refractivity contribution < 1.29 is 4.79 Å². The number of carbonyl (C=O) groups is 1. The number of fused-ring (bicyclic) bond motifs is 1. The third-order valence-corrected chi connectivity index (χ3v) is 3.36. The number of carbonyl (C=O) groups excluding carboxylic acids is 1. The van der Waals surface area contributed by atoms with Crippen LogP contribution in [0.25, 0.3) is 0 Å². The molecule has 0 saturated carbocycles. The van der Waals surface area contributed by atoms with Gasteiger partial charge in [0, 0.05) is 10.5 Å². The lowest BCUT2D eigenvalue weighted by molar-refractivity contribution is 0.0999. The van der Waals surface area contributed by atoms with Gasteiger partial charge in [-0.15, -0.1) is 12.6 Å². The average Bonchev–Trinajstić information content (AvgIpc) is 2.41. The van der Waals surface area contributed by atoms with Crippen LogP contribution in [0.4, 0.5) is 5.69 Å². The molecular formula is C15H11NOS. The second-order valence-corrected chi connectivity index (χ2v) is 4.68. The van der Waals surface area contributed by atoms with Gasteiger partial charge in [-0.3, -0.25) is 9.79 Å². The number of Topliss-reactive ketones (excluding diaryl/α,β-unsaturated/α-hetero) is 1. The monoisotopic (exact) mass is 253 g/mol. The molecule has 0 unspecified atom stereocenters. The normalized spacial score (nSPS) is 14.1. The van der Waals surface area contributed by atoms with E-state index in [2.05, 4.69) is 17.6 Å². The third kappa shape index (κ3) is 1.87. The summed E-state index contributed by atoms with van der Waals surface area (Å²) >= 11 is 4.37. The van der Waals surface area contributed by atoms with Crippen LogP contribution in [-0.2, 0) is 0 Å². The average molecular weight is 253 g/mol. The molecule has 0 fully saturated rings. The van der Waals surface area contributed by atoms with Gasteiger partial charge >= 0.3 is 0 Å². The van der Waals surface area contributed by atoms with E-state index in [1.807, 2.05) is 48.5 Å². The molecule has 2 aromatic rings. The van der Waals surface area contributed by atoms with Gasteiger partial charge in [-0.1, -0.05) is 36.4 Å². The van der Waals surface area contributed by atoms with E-state index in [9.17, 15) is 4.79 Å². The van der Waals surface area contributed by atoms with Crippen molar-refractivity contribution in [3.63, 3.8) is 0 Å². The van der Waals surface area contributed by atoms with Gasteiger partial charge in [-0.2, -0.15) is 0 Å². The van der Waals surface area contributed by atoms with E-state index in [1.165, 1.54) is 0 Å². The molecule has 3 rings (SSSR count). The molecular weight excluding hydrogens is 242 g/mol. The van der Waals surface area contributed by atoms with Crippen molar-refractivity contribution >= 4 is 29.8 Å². The molecule has 1 heterocycles. The number of para-hydroxylation sites is 1. The summed E-state index contributed by atoms with van der Waals surface area (Å²) in [5, 5.41) is 0. The maximum atomic E-state index is 12.1. The Balaban J connectivity index is 2.16. The zero-order valence-corrected chi connectivity index (χ0v) is 10.5. The molecule has 0 atom stereocenters. The first kappa shape index (κ1) is 11.2. The Kier molecular flexibility index (Phi) is 2.76. The van der Waals surface area contributed by atoms with Gasteiger partial charge in [0.05, 0.1) is 17.8 Å². The van der Waals surface area contributed by atoms with Gasteiger partial charge in [-0.05, 0) is 17.7 Å². The minimum atomic E-state index is 0.106. The van der Waals surface area contributed by atoms with Crippen molar-refractivity contribution in [3.05, 3.63) is 59.7 Å². The summed E-state index contributed by atoms with van der Waals surface area (Å²) in [4.78, 5) is 17.4. The van der Waals surface area contributed by atoms with Gasteiger partial charge < -0.3 is 0 Å². The number of ketones is 1. The van der Waals surface area contributed by atoms with Gasteiger partial charge in [0.2, 0.25) is 0 Å². The summed E-state index contributed by atoms with van der Waals surface area (Å²) in [5.74, 6) is 0.106. The number of hydrogen-bond acceptors (Lipinski definition) is 3. The Bertz CT molecular complexity index is 647. The minimum absolute atomic E-state index is 0.106. The van der Waals surface area contributed by atoms with E-state index >= 15 is 0 Å². The predicted octanol–water partition coefficient (Wildman–Crippen LogP) is 3.68. The van der Waals surface area contributed by atoms with Crippen molar-refractivity contribution in [2.75, 3.05) is 0 Å². The number of thiol groups is 1. The van der Waals surface area contributed by atoms with Crippen molar-refractivity contribution in [1.82, 2.24) is 0 Å². The molecule has 0 aliphatic carbocycles. The van der Waals surface area contributed by atoms with Crippen LogP contribution < -0.4 is 0 Å². The number of benzene rings is 2. The van der Waals surface area contributed by atoms with Crippen molar-refractivity contribution in [2.24, 2.45) is 4.99 Å². The van der Waals surface area contributed by atoms with Crippen LogP contribution in [0.1, 0.15) is 22.3 Å². The van der Waals surface area contributed by atoms with E-state index in [4.69, 9.17) is 0 Å². The number of rotatable bonds is 1. The molecule has 0 aromatic heterocycles. The molecule has 2 nitrogen and oxygen atoms in total. The number of aliphatic imine (C=N–C) groups is 1. The first-order chi connectivity index (χ1) is 8.75. The van der Waals surface area contributed by atoms with E-state index in [0.29, 0.717) is 17.7 Å². The highest BCUT2D eigenvalue weighted by Gasteiger charge is 2.21. The maximum Gasteiger partial charge on any atom is 0.171 e. The molecule has 3 heteroatoms. The first-order valence-corrected chi connectivity index (χ1v) is 6.18. The SMILES string of the molecule is O=C1CC(c2ccccc2)=Nc2c(S)cccc21. The smallest absolute Gasteiger partial charge is 0.171 e. The number of hydrogen-bond donors (Lipinski definition) is 1. The number of nitrogens with zero attached hydrogens (tertiary/aromatic N) is 1. The quantitative estimate of drug-likeness (QED) is 0.772. The zero-order valence-electron chi connectivity index (χ0n) is 9.63. The third-order valence-electron chi connectivity index (χ3n) is 3.00. The second-order valence-electron chi connectivity index (χ2n) is 4.20. The van der Waals surface area contributed by atoms with Crippen LogP contribution in [-0.4, -0.2) is 11.5 Å². The van der Waals surface area contributed by atoms with Gasteiger partial charge in [0.25, 0.3) is 0 Å². The molecule has 0 saturated heterocycles. The van der Waals surface area contributed by atoms with Gasteiger partial charge in [-0.25, -0.2) is 0 Å². The molecule has 1 aliphatic rings. The highest BCUT2D eigenvalue weighted by molar-refractivity contribution is 7.80. The fourth-order valence-corrected chi connectivity index (χ4v) is 2.35. The second kappa shape index (κ2) is 4.42. The van der Waals surface area contributed by atoms with E-state index in [-0.39, 0.29) is 5.78 Å². The largest absolute Gasteiger partial charge is 0.294 e. The van der Waals surface area contributed by atoms with Crippen LogP contribution in [0.15, 0.2) is 58.4 Å². The molecule has 88 valence electrons. The Morgan fingerprint density at radius 1 is 1.00 bits per heavy atom. The standard InChI is InChI=1S/C15H11NOS/c17-13-9-12(10-5-2-1-3-6-10)16-15-11(13)7-4-8-14(15)18/h1-8,18H,9H2. The van der Waals surface area contributed by atoms with Crippen LogP contribution in [0.2, 0.25) is 0 Å². The van der Waals surface area contributed by atoms with Crippen LogP contribution in [0.3, 0.4) is 0 Å². The van der Waals surface area contributed by atoms with Gasteiger partial charge in [0.15, 0.2) is 5.78 Å². The summed E-state index contributed by atoms with van der Waals surface area (Å²) in [5.41, 5.74) is 3.17. The van der Waals surface area contributed by atoms with E-state index in [0.717, 1.165) is 16.2 Å². The summed E-state index contributed by atoms with van der Waals surface area (Å²) < 4.78 is 0. The van der Waals surface area contributed by atoms with Crippen LogP contribution in [0, 0.1) is 0 Å². The van der Waals surface area contributed by atoms with Gasteiger partial charge in [0.1, 0.15) is 0 Å². The lowest BCUT2D eigenvalue weighted by atomic mass is 9.96. The molecule has 0 amide bonds. The molecule has 0 N–H and O–H groups in total. The highest BCUT2D eigenvalue weighted by Crippen LogP contribution is 2.33. The van der Waals surface area contributed by atoms with Crippen LogP contribution in [0.5, 0.6) is 0 Å². The van der Waals surface area contributed by atoms with Crippen molar-refractivity contribution in [1.29, 1.82) is 0 Å². The predicted molar refractivity (Wildman–Crippen MR) is 75.3 cm³/mol. The lowest BCUT2D eigenvalue weighted by Crippen LogP contribution is -2.14. The maximum absolute atomic E-state index is 12.1. The first-order valence-electron chi connectivity index (χ1n) is 5.74. The fraction of sp³-hybridized carbons (Fsp3) is 0.0667. The Hall–Kier alpha value is -1.87. The molecule has 0 spiro atoms. The molecule has 0 radical (unpaired) electrons. The molecule has 18 heavy (non-hydrogen) atoms. The summed E-state index contributed by atoms with van der Waals surface area (Å²) in [6.45, 7) is 0. The Morgan fingerprint density at radius 2 is 1.78 bits per heavy atom. The molecule has 0 bridgehead atoms. The topological polar surface area (TPSA) is 29.4 Å². The highest BCUT2D eigenvalue weighted by atomic mass is 32.1.